The first-order valence-electron chi connectivity index (χ1n) is 6.36. The number of pyridine rings is 1. The van der Waals surface area contributed by atoms with Gasteiger partial charge in [-0.1, -0.05) is 0 Å². The molecule has 6 nitrogen and oxygen atoms in total. The van der Waals surface area contributed by atoms with Crippen molar-refractivity contribution in [3.63, 3.8) is 0 Å². The fraction of sp³-hybridized carbons (Fsp3) is 0.308. The lowest BCUT2D eigenvalue weighted by Crippen LogP contribution is -2.29. The molecule has 0 spiro atoms. The molecule has 2 N–H and O–H groups in total. The number of H-pyrrole nitrogens is 1. The van der Waals surface area contributed by atoms with Gasteiger partial charge in [-0.05, 0) is 12.1 Å². The van der Waals surface area contributed by atoms with Crippen molar-refractivity contribution >= 4 is 5.91 Å². The van der Waals surface area contributed by atoms with Gasteiger partial charge in [0.1, 0.15) is 6.61 Å². The lowest BCUT2D eigenvalue weighted by molar-refractivity contribution is -0.137. The predicted molar refractivity (Wildman–Crippen MR) is 70.0 cm³/mol. The molecule has 2 rings (SSSR count). The molecule has 0 aromatic carbocycles. The SMILES string of the molecule is O=C(Cc1ccn[nH]1)NCCOc1ccc(C(F)(F)F)cn1. The normalized spacial score (nSPS) is 11.2. The number of ether oxygens (including phenoxy) is 1. The van der Waals surface area contributed by atoms with Gasteiger partial charge in [-0.2, -0.15) is 18.3 Å². The lowest BCUT2D eigenvalue weighted by Gasteiger charge is -2.08. The highest BCUT2D eigenvalue weighted by Gasteiger charge is 2.30. The molecule has 2 aromatic heterocycles. The van der Waals surface area contributed by atoms with Crippen molar-refractivity contribution < 1.29 is 22.7 Å². The van der Waals surface area contributed by atoms with Crippen molar-refractivity contribution in [2.24, 2.45) is 0 Å². The quantitative estimate of drug-likeness (QED) is 0.793. The van der Waals surface area contributed by atoms with E-state index in [0.29, 0.717) is 11.9 Å². The monoisotopic (exact) mass is 314 g/mol. The van der Waals surface area contributed by atoms with E-state index in [4.69, 9.17) is 4.74 Å². The van der Waals surface area contributed by atoms with Gasteiger partial charge in [-0.3, -0.25) is 9.89 Å². The molecule has 0 saturated carbocycles. The number of alkyl halides is 3. The minimum atomic E-state index is -4.42. The average Bonchev–Trinajstić information content (AvgIpc) is 2.96. The Morgan fingerprint density at radius 2 is 2.14 bits per heavy atom. The number of hydrogen-bond acceptors (Lipinski definition) is 4. The van der Waals surface area contributed by atoms with Crippen LogP contribution in [-0.4, -0.2) is 34.2 Å². The number of carbonyl (C=O) groups is 1. The Bertz CT molecular complexity index is 597. The van der Waals surface area contributed by atoms with Crippen LogP contribution in [0.3, 0.4) is 0 Å². The molecule has 0 aliphatic rings. The zero-order valence-corrected chi connectivity index (χ0v) is 11.4. The summed E-state index contributed by atoms with van der Waals surface area (Å²) >= 11 is 0. The highest BCUT2D eigenvalue weighted by atomic mass is 19.4. The minimum Gasteiger partial charge on any atom is -0.476 e. The third kappa shape index (κ3) is 4.76. The maximum Gasteiger partial charge on any atom is 0.417 e. The summed E-state index contributed by atoms with van der Waals surface area (Å²) in [4.78, 5) is 15.1. The van der Waals surface area contributed by atoms with Gasteiger partial charge in [0.2, 0.25) is 11.8 Å². The Balaban J connectivity index is 1.69. The third-order valence-corrected chi connectivity index (χ3v) is 2.65. The first-order valence-corrected chi connectivity index (χ1v) is 6.36. The van der Waals surface area contributed by atoms with E-state index in [1.54, 1.807) is 12.3 Å². The van der Waals surface area contributed by atoms with Crippen molar-refractivity contribution in [2.45, 2.75) is 12.6 Å². The van der Waals surface area contributed by atoms with Crippen molar-refractivity contribution in [3.8, 4) is 5.88 Å². The van der Waals surface area contributed by atoms with E-state index in [-0.39, 0.29) is 31.4 Å². The summed E-state index contributed by atoms with van der Waals surface area (Å²) in [6, 6.07) is 3.70. The molecule has 0 aliphatic heterocycles. The van der Waals surface area contributed by atoms with Gasteiger partial charge in [0.25, 0.3) is 0 Å². The fourth-order valence-electron chi connectivity index (χ4n) is 1.60. The number of rotatable bonds is 6. The number of nitrogens with one attached hydrogen (secondary N) is 2. The molecular weight excluding hydrogens is 301 g/mol. The zero-order chi connectivity index (χ0) is 16.0. The molecule has 0 aliphatic carbocycles. The Labute approximate surface area is 123 Å². The summed E-state index contributed by atoms with van der Waals surface area (Å²) in [6.07, 6.45) is -2.02. The van der Waals surface area contributed by atoms with E-state index in [1.165, 1.54) is 0 Å². The van der Waals surface area contributed by atoms with Gasteiger partial charge < -0.3 is 10.1 Å². The van der Waals surface area contributed by atoms with Crippen molar-refractivity contribution in [2.75, 3.05) is 13.2 Å². The van der Waals surface area contributed by atoms with Crippen LogP contribution >= 0.6 is 0 Å². The molecular formula is C13H13F3N4O2. The second kappa shape index (κ2) is 6.92. The predicted octanol–water partition coefficient (Wildman–Crippen LogP) is 1.56. The van der Waals surface area contributed by atoms with Crippen LogP contribution in [0.2, 0.25) is 0 Å². The molecule has 0 saturated heterocycles. The molecule has 2 heterocycles. The summed E-state index contributed by atoms with van der Waals surface area (Å²) in [5, 5.41) is 8.98. The Morgan fingerprint density at radius 3 is 2.73 bits per heavy atom. The topological polar surface area (TPSA) is 79.9 Å². The van der Waals surface area contributed by atoms with Crippen molar-refractivity contribution in [1.82, 2.24) is 20.5 Å². The van der Waals surface area contributed by atoms with Crippen LogP contribution < -0.4 is 10.1 Å². The Kier molecular flexibility index (Phi) is 4.97. The first kappa shape index (κ1) is 15.8. The number of hydrogen-bond donors (Lipinski definition) is 2. The van der Waals surface area contributed by atoms with Crippen LogP contribution in [0.4, 0.5) is 13.2 Å². The number of nitrogens with zero attached hydrogens (tertiary/aromatic N) is 2. The molecule has 118 valence electrons. The first-order chi connectivity index (χ1) is 10.4. The van der Waals surface area contributed by atoms with Crippen LogP contribution in [0.25, 0.3) is 0 Å². The van der Waals surface area contributed by atoms with E-state index in [0.717, 1.165) is 12.1 Å². The minimum absolute atomic E-state index is 0.0656. The highest BCUT2D eigenvalue weighted by molar-refractivity contribution is 5.77. The van der Waals surface area contributed by atoms with Gasteiger partial charge in [-0.25, -0.2) is 4.98 Å². The van der Waals surface area contributed by atoms with E-state index < -0.39 is 11.7 Å². The van der Waals surface area contributed by atoms with E-state index in [9.17, 15) is 18.0 Å². The maximum absolute atomic E-state index is 12.3. The summed E-state index contributed by atoms with van der Waals surface area (Å²) in [7, 11) is 0. The van der Waals surface area contributed by atoms with Gasteiger partial charge in [-0.15, -0.1) is 0 Å². The largest absolute Gasteiger partial charge is 0.476 e. The Morgan fingerprint density at radius 1 is 1.32 bits per heavy atom. The molecule has 0 atom stereocenters. The lowest BCUT2D eigenvalue weighted by atomic mass is 10.3. The van der Waals surface area contributed by atoms with E-state index in [2.05, 4.69) is 20.5 Å². The van der Waals surface area contributed by atoms with Gasteiger partial charge >= 0.3 is 6.18 Å². The molecule has 9 heteroatoms. The number of carbonyl (C=O) groups excluding carboxylic acids is 1. The van der Waals surface area contributed by atoms with E-state index in [1.807, 2.05) is 0 Å². The molecule has 1 amide bonds. The molecule has 0 unspecified atom stereocenters. The highest BCUT2D eigenvalue weighted by Crippen LogP contribution is 2.29. The molecule has 22 heavy (non-hydrogen) atoms. The standard InChI is InChI=1S/C13H13F3N4O2/c14-13(15,16)9-1-2-12(18-8-9)22-6-5-17-11(21)7-10-3-4-19-20-10/h1-4,8H,5-7H2,(H,17,21)(H,19,20). The number of amides is 1. The maximum atomic E-state index is 12.3. The molecule has 2 aromatic rings. The van der Waals surface area contributed by atoms with Crippen LogP contribution in [0, 0.1) is 0 Å². The Hall–Kier alpha value is -2.58. The number of halogens is 3. The summed E-state index contributed by atoms with van der Waals surface area (Å²) in [5.41, 5.74) is -0.157. The zero-order valence-electron chi connectivity index (χ0n) is 11.4. The molecule has 0 fully saturated rings. The van der Waals surface area contributed by atoms with Crippen LogP contribution in [0.1, 0.15) is 11.3 Å². The summed E-state index contributed by atoms with van der Waals surface area (Å²) in [5.74, 6) is -0.149. The van der Waals surface area contributed by atoms with Crippen molar-refractivity contribution in [3.05, 3.63) is 41.9 Å². The molecule has 0 bridgehead atoms. The number of aromatic amines is 1. The van der Waals surface area contributed by atoms with Gasteiger partial charge in [0.15, 0.2) is 0 Å². The smallest absolute Gasteiger partial charge is 0.417 e. The van der Waals surface area contributed by atoms with Gasteiger partial charge in [0, 0.05) is 24.2 Å². The second-order valence-electron chi connectivity index (χ2n) is 4.34. The third-order valence-electron chi connectivity index (χ3n) is 2.65. The molecule has 0 radical (unpaired) electrons. The van der Waals surface area contributed by atoms with Crippen LogP contribution in [0.15, 0.2) is 30.6 Å². The fourth-order valence-corrected chi connectivity index (χ4v) is 1.60. The van der Waals surface area contributed by atoms with Gasteiger partial charge in [0.05, 0.1) is 18.5 Å². The van der Waals surface area contributed by atoms with E-state index >= 15 is 0 Å². The number of aromatic nitrogens is 3. The summed E-state index contributed by atoms with van der Waals surface area (Å²) < 4.78 is 42.2. The summed E-state index contributed by atoms with van der Waals surface area (Å²) in [6.45, 7) is 0.322. The van der Waals surface area contributed by atoms with Crippen LogP contribution in [0.5, 0.6) is 5.88 Å². The second-order valence-corrected chi connectivity index (χ2v) is 4.34. The average molecular weight is 314 g/mol. The van der Waals surface area contributed by atoms with Crippen molar-refractivity contribution in [1.29, 1.82) is 0 Å². The van der Waals surface area contributed by atoms with Crippen LogP contribution in [-0.2, 0) is 17.4 Å².